The maximum Gasteiger partial charge on any atom is 0.408 e. The highest BCUT2D eigenvalue weighted by molar-refractivity contribution is 5.70. The van der Waals surface area contributed by atoms with Gasteiger partial charge in [0.05, 0.1) is 18.7 Å². The van der Waals surface area contributed by atoms with Crippen LogP contribution < -0.4 is 4.74 Å². The van der Waals surface area contributed by atoms with E-state index in [-0.39, 0.29) is 23.3 Å². The number of hydrogen-bond acceptors (Lipinski definition) is 3. The molecule has 0 radical (unpaired) electrons. The van der Waals surface area contributed by atoms with Crippen molar-refractivity contribution in [2.45, 2.75) is 59.0 Å². The highest BCUT2D eigenvalue weighted by Gasteiger charge is 2.50. The summed E-state index contributed by atoms with van der Waals surface area (Å²) >= 11 is 0. The van der Waals surface area contributed by atoms with E-state index in [0.717, 1.165) is 61.3 Å². The first-order valence-electron chi connectivity index (χ1n) is 12.9. The average molecular weight is 481 g/mol. The fourth-order valence-corrected chi connectivity index (χ4v) is 6.48. The van der Waals surface area contributed by atoms with Crippen molar-refractivity contribution in [1.82, 2.24) is 9.80 Å². The van der Waals surface area contributed by atoms with E-state index in [1.807, 2.05) is 30.3 Å². The van der Waals surface area contributed by atoms with Gasteiger partial charge in [0.2, 0.25) is 0 Å². The number of piperidine rings is 3. The van der Waals surface area contributed by atoms with Crippen molar-refractivity contribution >= 4 is 6.09 Å². The largest absolute Gasteiger partial charge is 0.493 e. The highest BCUT2D eigenvalue weighted by Crippen LogP contribution is 2.52. The molecule has 2 aromatic carbocycles. The minimum absolute atomic E-state index is 0.0358. The third kappa shape index (κ3) is 4.53. The Morgan fingerprint density at radius 2 is 1.89 bits per heavy atom. The number of carboxylic acid groups (broad SMARTS) is 1. The van der Waals surface area contributed by atoms with E-state index in [4.69, 9.17) is 4.74 Å². The summed E-state index contributed by atoms with van der Waals surface area (Å²) in [5.74, 6) is 1.30. The number of carbonyl (C=O) groups is 1. The van der Waals surface area contributed by atoms with Crippen molar-refractivity contribution in [2.24, 2.45) is 17.3 Å². The Balaban J connectivity index is 1.47. The molecule has 0 aromatic heterocycles. The second-order valence-corrected chi connectivity index (χ2v) is 11.7. The Bertz CT molecular complexity index is 1090. The van der Waals surface area contributed by atoms with Crippen LogP contribution in [0.2, 0.25) is 0 Å². The molecule has 6 rings (SSSR count). The molecule has 3 fully saturated rings. The van der Waals surface area contributed by atoms with Gasteiger partial charge in [-0.2, -0.15) is 0 Å². The number of nitrogens with zero attached hydrogens (tertiary/aromatic N) is 2. The molecule has 1 aliphatic carbocycles. The summed E-state index contributed by atoms with van der Waals surface area (Å²) in [6, 6.07) is 10.7. The minimum atomic E-state index is -0.892. The van der Waals surface area contributed by atoms with Crippen LogP contribution in [0, 0.1) is 23.1 Å². The third-order valence-corrected chi connectivity index (χ3v) is 8.14. The van der Waals surface area contributed by atoms with E-state index in [1.54, 1.807) is 11.0 Å². The predicted molar refractivity (Wildman–Crippen MR) is 135 cm³/mol. The number of halogens is 1. The molecule has 5 nitrogen and oxygen atoms in total. The zero-order valence-corrected chi connectivity index (χ0v) is 21.3. The topological polar surface area (TPSA) is 53.0 Å². The summed E-state index contributed by atoms with van der Waals surface area (Å²) in [6.45, 7) is 12.0. The fraction of sp³-hybridized carbons (Fsp3) is 0.552. The monoisotopic (exact) mass is 480 g/mol. The first kappa shape index (κ1) is 24.1. The van der Waals surface area contributed by atoms with Crippen LogP contribution in [0.4, 0.5) is 9.18 Å². The van der Waals surface area contributed by atoms with Crippen molar-refractivity contribution in [3.05, 3.63) is 53.3 Å². The van der Waals surface area contributed by atoms with Gasteiger partial charge in [-0.1, -0.05) is 39.8 Å². The lowest BCUT2D eigenvalue weighted by molar-refractivity contribution is -0.0267. The SMILES string of the molecule is CC(C)COc1ccc(-c2cc3c(cc2F)[C@H](N(C(=O)O)[C@@H]2CN4CCC2CC4)C(C)(C)C3)cc1. The summed E-state index contributed by atoms with van der Waals surface area (Å²) < 4.78 is 21.3. The van der Waals surface area contributed by atoms with Gasteiger partial charge in [0.1, 0.15) is 11.6 Å². The lowest BCUT2D eigenvalue weighted by Gasteiger charge is -2.51. The number of rotatable bonds is 6. The Kier molecular flexibility index (Phi) is 6.28. The first-order valence-corrected chi connectivity index (χ1v) is 12.9. The highest BCUT2D eigenvalue weighted by atomic mass is 19.1. The normalized spacial score (nSPS) is 26.6. The van der Waals surface area contributed by atoms with Crippen molar-refractivity contribution in [2.75, 3.05) is 26.2 Å². The molecule has 2 aromatic rings. The molecule has 3 heterocycles. The van der Waals surface area contributed by atoms with E-state index < -0.39 is 6.09 Å². The average Bonchev–Trinajstić information content (AvgIpc) is 3.07. The Morgan fingerprint density at radius 3 is 2.46 bits per heavy atom. The maximum atomic E-state index is 15.6. The van der Waals surface area contributed by atoms with Gasteiger partial charge in [-0.3, -0.25) is 4.90 Å². The number of amides is 1. The molecular weight excluding hydrogens is 443 g/mol. The number of fused-ring (bicyclic) bond motifs is 4. The predicted octanol–water partition coefficient (Wildman–Crippen LogP) is 6.23. The van der Waals surface area contributed by atoms with Gasteiger partial charge < -0.3 is 14.7 Å². The van der Waals surface area contributed by atoms with Crippen LogP contribution in [0.1, 0.15) is 57.7 Å². The van der Waals surface area contributed by atoms with Crippen molar-refractivity contribution < 1.29 is 19.0 Å². The Hall–Kier alpha value is -2.60. The number of ether oxygens (including phenoxy) is 1. The molecule has 0 spiro atoms. The van der Waals surface area contributed by atoms with E-state index in [2.05, 4.69) is 32.6 Å². The van der Waals surface area contributed by atoms with Crippen molar-refractivity contribution in [3.8, 4) is 16.9 Å². The van der Waals surface area contributed by atoms with Crippen LogP contribution in [-0.4, -0.2) is 53.3 Å². The van der Waals surface area contributed by atoms with Crippen molar-refractivity contribution in [3.63, 3.8) is 0 Å². The molecular formula is C29H37FN2O3. The maximum absolute atomic E-state index is 15.6. The molecule has 4 aliphatic rings. The molecule has 6 heteroatoms. The third-order valence-electron chi connectivity index (χ3n) is 8.14. The first-order chi connectivity index (χ1) is 16.6. The molecule has 35 heavy (non-hydrogen) atoms. The zero-order chi connectivity index (χ0) is 24.9. The van der Waals surface area contributed by atoms with Gasteiger partial charge in [0.15, 0.2) is 0 Å². The van der Waals surface area contributed by atoms with Crippen LogP contribution in [0.5, 0.6) is 5.75 Å². The van der Waals surface area contributed by atoms with Gasteiger partial charge in [-0.25, -0.2) is 9.18 Å². The van der Waals surface area contributed by atoms with Gasteiger partial charge in [-0.05, 0) is 90.6 Å². The summed E-state index contributed by atoms with van der Waals surface area (Å²) in [5, 5.41) is 10.4. The van der Waals surface area contributed by atoms with Gasteiger partial charge >= 0.3 is 6.09 Å². The smallest absolute Gasteiger partial charge is 0.408 e. The molecule has 188 valence electrons. The molecule has 3 aliphatic heterocycles. The molecule has 2 atom stereocenters. The summed E-state index contributed by atoms with van der Waals surface area (Å²) in [5.41, 5.74) is 2.92. The van der Waals surface area contributed by atoms with Gasteiger partial charge in [-0.15, -0.1) is 0 Å². The lowest BCUT2D eigenvalue weighted by Crippen LogP contribution is -2.60. The fourth-order valence-electron chi connectivity index (χ4n) is 6.48. The van der Waals surface area contributed by atoms with Crippen LogP contribution in [0.25, 0.3) is 11.1 Å². The van der Waals surface area contributed by atoms with E-state index in [1.165, 1.54) is 0 Å². The minimum Gasteiger partial charge on any atom is -0.493 e. The van der Waals surface area contributed by atoms with Gasteiger partial charge in [0, 0.05) is 12.1 Å². The van der Waals surface area contributed by atoms with Crippen LogP contribution >= 0.6 is 0 Å². The molecule has 1 amide bonds. The molecule has 3 saturated heterocycles. The number of hydrogen-bond donors (Lipinski definition) is 1. The van der Waals surface area contributed by atoms with E-state index in [9.17, 15) is 9.90 Å². The Labute approximate surface area is 207 Å². The second-order valence-electron chi connectivity index (χ2n) is 11.7. The van der Waals surface area contributed by atoms with Crippen molar-refractivity contribution in [1.29, 1.82) is 0 Å². The molecule has 1 N–H and O–H groups in total. The van der Waals surface area contributed by atoms with E-state index in [0.29, 0.717) is 24.0 Å². The lowest BCUT2D eigenvalue weighted by atomic mass is 9.79. The molecule has 2 bridgehead atoms. The van der Waals surface area contributed by atoms with Crippen LogP contribution in [-0.2, 0) is 6.42 Å². The molecule has 0 saturated carbocycles. The van der Waals surface area contributed by atoms with Crippen LogP contribution in [0.3, 0.4) is 0 Å². The standard InChI is InChI=1S/C29H37FN2O3/c1-18(2)17-35-22-7-5-19(6-8-22)23-13-21-15-29(3,4)27(24(21)14-25(23)30)32(28(33)34)26-16-31-11-9-20(26)10-12-31/h5-8,13-14,18,20,26-27H,9-12,15-17H2,1-4H3,(H,33,34)/t26-,27+/m1/s1. The number of benzene rings is 2. The van der Waals surface area contributed by atoms with Crippen LogP contribution in [0.15, 0.2) is 36.4 Å². The summed E-state index contributed by atoms with van der Waals surface area (Å²) in [4.78, 5) is 16.7. The van der Waals surface area contributed by atoms with Gasteiger partial charge in [0.25, 0.3) is 0 Å². The second kappa shape index (κ2) is 9.12. The van der Waals surface area contributed by atoms with E-state index >= 15 is 4.39 Å². The zero-order valence-electron chi connectivity index (χ0n) is 21.3. The summed E-state index contributed by atoms with van der Waals surface area (Å²) in [7, 11) is 0. The summed E-state index contributed by atoms with van der Waals surface area (Å²) in [6.07, 6.45) is 1.91. The quantitative estimate of drug-likeness (QED) is 0.533. The Morgan fingerprint density at radius 1 is 1.20 bits per heavy atom. The molecule has 0 unspecified atom stereocenters.